The second-order valence-electron chi connectivity index (χ2n) is 4.03. The Bertz CT molecular complexity index is 603. The third-order valence-electron chi connectivity index (χ3n) is 2.55. The van der Waals surface area contributed by atoms with E-state index in [2.05, 4.69) is 17.9 Å². The Morgan fingerprint density at radius 3 is 2.09 bits per heavy atom. The minimum absolute atomic E-state index is 0.00293. The van der Waals surface area contributed by atoms with Gasteiger partial charge < -0.3 is 14.2 Å². The number of ether oxygens (including phenoxy) is 3. The van der Waals surface area contributed by atoms with Crippen LogP contribution in [-0.2, 0) is 14.2 Å². The Kier molecular flexibility index (Phi) is 6.56. The van der Waals surface area contributed by atoms with E-state index in [1.54, 1.807) is 0 Å². The number of rotatable bonds is 7. The van der Waals surface area contributed by atoms with E-state index in [1.165, 1.54) is 37.5 Å². The summed E-state index contributed by atoms with van der Waals surface area (Å²) >= 11 is 0. The van der Waals surface area contributed by atoms with Gasteiger partial charge in [0.25, 0.3) is 0 Å². The van der Waals surface area contributed by atoms with Crippen molar-refractivity contribution in [2.75, 3.05) is 20.3 Å². The standard InChI is InChI=1S/C16H16O6/c1-4-8-21-14(17)11-6-7-12(15(18)20-3)13(10-11)16(19)22-9-5-2/h4-7,10H,1-2,8-9H2,3H3. The number of esters is 3. The molecule has 116 valence electrons. The van der Waals surface area contributed by atoms with Crippen molar-refractivity contribution in [1.82, 2.24) is 0 Å². The maximum absolute atomic E-state index is 12.0. The van der Waals surface area contributed by atoms with Crippen LogP contribution in [0.2, 0.25) is 0 Å². The number of methoxy groups -OCH3 is 1. The molecule has 0 bridgehead atoms. The lowest BCUT2D eigenvalue weighted by molar-refractivity contribution is 0.0520. The molecule has 0 amide bonds. The van der Waals surface area contributed by atoms with E-state index in [0.717, 1.165) is 0 Å². The van der Waals surface area contributed by atoms with E-state index < -0.39 is 17.9 Å². The summed E-state index contributed by atoms with van der Waals surface area (Å²) in [4.78, 5) is 35.5. The highest BCUT2D eigenvalue weighted by molar-refractivity contribution is 6.05. The van der Waals surface area contributed by atoms with Crippen molar-refractivity contribution in [2.45, 2.75) is 0 Å². The third-order valence-corrected chi connectivity index (χ3v) is 2.55. The first-order valence-electron chi connectivity index (χ1n) is 6.33. The van der Waals surface area contributed by atoms with Gasteiger partial charge >= 0.3 is 17.9 Å². The van der Waals surface area contributed by atoms with E-state index in [1.807, 2.05) is 0 Å². The van der Waals surface area contributed by atoms with Gasteiger partial charge in [-0.2, -0.15) is 0 Å². The first-order chi connectivity index (χ1) is 10.5. The molecule has 1 aromatic carbocycles. The van der Waals surface area contributed by atoms with E-state index in [4.69, 9.17) is 9.47 Å². The van der Waals surface area contributed by atoms with Crippen molar-refractivity contribution >= 4 is 17.9 Å². The summed E-state index contributed by atoms with van der Waals surface area (Å²) in [5, 5.41) is 0. The summed E-state index contributed by atoms with van der Waals surface area (Å²) in [6.07, 6.45) is 2.80. The number of carbonyl (C=O) groups excluding carboxylic acids is 3. The summed E-state index contributed by atoms with van der Waals surface area (Å²) in [6, 6.07) is 3.89. The SMILES string of the molecule is C=CCOC(=O)c1ccc(C(=O)OC)c(C(=O)OCC=C)c1. The van der Waals surface area contributed by atoms with Gasteiger partial charge in [-0.15, -0.1) is 0 Å². The molecule has 1 aromatic rings. The van der Waals surface area contributed by atoms with Gasteiger partial charge in [0.15, 0.2) is 0 Å². The topological polar surface area (TPSA) is 78.9 Å². The van der Waals surface area contributed by atoms with E-state index >= 15 is 0 Å². The molecule has 0 saturated carbocycles. The number of benzene rings is 1. The highest BCUT2D eigenvalue weighted by Gasteiger charge is 2.21. The fourth-order valence-corrected chi connectivity index (χ4v) is 1.56. The molecule has 6 heteroatoms. The Morgan fingerprint density at radius 1 is 0.955 bits per heavy atom. The van der Waals surface area contributed by atoms with Crippen LogP contribution in [0.25, 0.3) is 0 Å². The minimum Gasteiger partial charge on any atom is -0.465 e. The molecule has 0 aliphatic rings. The molecule has 0 saturated heterocycles. The molecule has 6 nitrogen and oxygen atoms in total. The van der Waals surface area contributed by atoms with Gasteiger partial charge in [0.05, 0.1) is 23.8 Å². The zero-order chi connectivity index (χ0) is 16.5. The summed E-state index contributed by atoms with van der Waals surface area (Å²) < 4.78 is 14.4. The fraction of sp³-hybridized carbons (Fsp3) is 0.188. The normalized spacial score (nSPS) is 9.50. The second-order valence-corrected chi connectivity index (χ2v) is 4.03. The van der Waals surface area contributed by atoms with Crippen LogP contribution in [0.15, 0.2) is 43.5 Å². The molecule has 0 aromatic heterocycles. The Labute approximate surface area is 128 Å². The van der Waals surface area contributed by atoms with Crippen LogP contribution in [0.5, 0.6) is 0 Å². The van der Waals surface area contributed by atoms with Gasteiger partial charge in [0.2, 0.25) is 0 Å². The number of hydrogen-bond acceptors (Lipinski definition) is 6. The molecule has 1 rings (SSSR count). The van der Waals surface area contributed by atoms with Crippen molar-refractivity contribution in [2.24, 2.45) is 0 Å². The maximum atomic E-state index is 12.0. The summed E-state index contributed by atoms with van der Waals surface area (Å²) in [5.41, 5.74) is 0.0265. The van der Waals surface area contributed by atoms with Gasteiger partial charge in [-0.25, -0.2) is 14.4 Å². The van der Waals surface area contributed by atoms with Gasteiger partial charge in [-0.3, -0.25) is 0 Å². The predicted octanol–water partition coefficient (Wildman–Crippen LogP) is 2.16. The number of carbonyl (C=O) groups is 3. The number of hydrogen-bond donors (Lipinski definition) is 0. The van der Waals surface area contributed by atoms with Gasteiger partial charge in [0.1, 0.15) is 13.2 Å². The molecule has 0 atom stereocenters. The first kappa shape index (κ1) is 17.2. The Hall–Kier alpha value is -2.89. The molecule has 0 radical (unpaired) electrons. The molecule has 0 N–H and O–H groups in total. The largest absolute Gasteiger partial charge is 0.465 e. The van der Waals surface area contributed by atoms with Gasteiger partial charge in [0, 0.05) is 0 Å². The average Bonchev–Trinajstić information content (AvgIpc) is 2.56. The lowest BCUT2D eigenvalue weighted by atomic mass is 10.0. The van der Waals surface area contributed by atoms with Crippen molar-refractivity contribution in [3.8, 4) is 0 Å². The Balaban J connectivity index is 3.18. The molecule has 22 heavy (non-hydrogen) atoms. The second kappa shape index (κ2) is 8.41. The highest BCUT2D eigenvalue weighted by Crippen LogP contribution is 2.16. The predicted molar refractivity (Wildman–Crippen MR) is 78.7 cm³/mol. The van der Waals surface area contributed by atoms with Gasteiger partial charge in [-0.05, 0) is 18.2 Å². The molecular weight excluding hydrogens is 288 g/mol. The van der Waals surface area contributed by atoms with Crippen LogP contribution in [0.1, 0.15) is 31.1 Å². The monoisotopic (exact) mass is 304 g/mol. The molecule has 0 heterocycles. The smallest absolute Gasteiger partial charge is 0.339 e. The Morgan fingerprint density at radius 2 is 1.55 bits per heavy atom. The molecule has 0 spiro atoms. The first-order valence-corrected chi connectivity index (χ1v) is 6.33. The lowest BCUT2D eigenvalue weighted by Gasteiger charge is -2.09. The average molecular weight is 304 g/mol. The zero-order valence-corrected chi connectivity index (χ0v) is 12.2. The molecule has 0 fully saturated rings. The minimum atomic E-state index is -0.765. The fourth-order valence-electron chi connectivity index (χ4n) is 1.56. The van der Waals surface area contributed by atoms with Crippen molar-refractivity contribution in [1.29, 1.82) is 0 Å². The summed E-state index contributed by atoms with van der Waals surface area (Å²) in [5.74, 6) is -2.12. The third kappa shape index (κ3) is 4.31. The van der Waals surface area contributed by atoms with Gasteiger partial charge in [-0.1, -0.05) is 25.3 Å². The summed E-state index contributed by atoms with van der Waals surface area (Å²) in [7, 11) is 1.19. The van der Waals surface area contributed by atoms with E-state index in [-0.39, 0.29) is 29.9 Å². The lowest BCUT2D eigenvalue weighted by Crippen LogP contribution is -2.15. The maximum Gasteiger partial charge on any atom is 0.339 e. The summed E-state index contributed by atoms with van der Waals surface area (Å²) in [6.45, 7) is 6.87. The molecule has 0 aliphatic carbocycles. The van der Waals surface area contributed by atoms with E-state index in [0.29, 0.717) is 0 Å². The van der Waals surface area contributed by atoms with Crippen LogP contribution in [-0.4, -0.2) is 38.2 Å². The van der Waals surface area contributed by atoms with Crippen LogP contribution < -0.4 is 0 Å². The van der Waals surface area contributed by atoms with Crippen molar-refractivity contribution in [3.05, 3.63) is 60.2 Å². The van der Waals surface area contributed by atoms with Crippen LogP contribution in [0.4, 0.5) is 0 Å². The highest BCUT2D eigenvalue weighted by atomic mass is 16.5. The molecule has 0 aliphatic heterocycles. The van der Waals surface area contributed by atoms with Crippen LogP contribution in [0.3, 0.4) is 0 Å². The van der Waals surface area contributed by atoms with Crippen LogP contribution in [0, 0.1) is 0 Å². The van der Waals surface area contributed by atoms with E-state index in [9.17, 15) is 14.4 Å². The van der Waals surface area contributed by atoms with Crippen molar-refractivity contribution < 1.29 is 28.6 Å². The molecule has 0 unspecified atom stereocenters. The zero-order valence-electron chi connectivity index (χ0n) is 12.2. The quantitative estimate of drug-likeness (QED) is 0.436. The molecular formula is C16H16O6. The van der Waals surface area contributed by atoms with Crippen LogP contribution >= 0.6 is 0 Å². The van der Waals surface area contributed by atoms with Crippen molar-refractivity contribution in [3.63, 3.8) is 0 Å².